The Morgan fingerprint density at radius 3 is 2.58 bits per heavy atom. The second-order valence-electron chi connectivity index (χ2n) is 10.6. The molecule has 0 fully saturated rings. The lowest BCUT2D eigenvalue weighted by Gasteiger charge is -2.08. The van der Waals surface area contributed by atoms with Gasteiger partial charge in [0.05, 0.1) is 40.1 Å². The molecule has 3 N–H and O–H groups in total. The molecule has 0 aliphatic carbocycles. The maximum Gasteiger partial charge on any atom is 0.226 e. The zero-order chi connectivity index (χ0) is 30.3. The van der Waals surface area contributed by atoms with Gasteiger partial charge in [-0.1, -0.05) is 13.8 Å². The summed E-state index contributed by atoms with van der Waals surface area (Å²) < 4.78 is 37.9. The van der Waals surface area contributed by atoms with Gasteiger partial charge in [-0.2, -0.15) is 5.10 Å². The first-order chi connectivity index (χ1) is 20.5. The standard InChI is InChI=1S/C30H27FN8O3S/c1-16(2)30(40)34-21-13-19(14-32-15-21)22-4-5-24-27(35-22)28(39-38-24)29-36-23-6-8-33-25(26(23)37-29)18-10-17(11-20(31)12-18)7-9-43(3,41)42/h4-6,8,10-16H,7,9H2,1-3H3,(H,34,40)(H,36,37)(H,38,39). The van der Waals surface area contributed by atoms with Crippen molar-refractivity contribution in [2.24, 2.45) is 5.92 Å². The SMILES string of the molecule is CC(C)C(=O)Nc1cncc(-c2ccc3[nH]nc(-c4nc5c(-c6cc(F)cc(CCS(C)(=O)=O)c6)nccc5[nH]4)c3n2)c1. The van der Waals surface area contributed by atoms with E-state index in [0.717, 1.165) is 6.26 Å². The summed E-state index contributed by atoms with van der Waals surface area (Å²) in [6.45, 7) is 3.63. The minimum absolute atomic E-state index is 0.0891. The van der Waals surface area contributed by atoms with Crippen molar-refractivity contribution in [3.05, 3.63) is 72.4 Å². The second-order valence-corrected chi connectivity index (χ2v) is 12.9. The topological polar surface area (TPSA) is 159 Å². The Balaban J connectivity index is 1.38. The summed E-state index contributed by atoms with van der Waals surface area (Å²) in [5, 5.41) is 10.3. The van der Waals surface area contributed by atoms with E-state index in [1.165, 1.54) is 12.1 Å². The number of nitrogens with zero attached hydrogens (tertiary/aromatic N) is 5. The van der Waals surface area contributed by atoms with Crippen LogP contribution < -0.4 is 5.32 Å². The van der Waals surface area contributed by atoms with Crippen molar-refractivity contribution in [3.8, 4) is 34.0 Å². The van der Waals surface area contributed by atoms with E-state index in [4.69, 9.17) is 9.97 Å². The number of imidazole rings is 1. The molecule has 0 atom stereocenters. The minimum atomic E-state index is -3.21. The average Bonchev–Trinajstić information content (AvgIpc) is 3.59. The number of hydrogen-bond acceptors (Lipinski definition) is 8. The molecule has 11 nitrogen and oxygen atoms in total. The van der Waals surface area contributed by atoms with Crippen LogP contribution in [0.1, 0.15) is 19.4 Å². The number of fused-ring (bicyclic) bond motifs is 2. The Morgan fingerprint density at radius 1 is 0.977 bits per heavy atom. The first kappa shape index (κ1) is 28.1. The lowest BCUT2D eigenvalue weighted by Crippen LogP contribution is -2.17. The van der Waals surface area contributed by atoms with Gasteiger partial charge < -0.3 is 10.3 Å². The Labute approximate surface area is 246 Å². The smallest absolute Gasteiger partial charge is 0.226 e. The van der Waals surface area contributed by atoms with Crippen LogP contribution in [0.25, 0.3) is 56.1 Å². The van der Waals surface area contributed by atoms with Crippen LogP contribution in [0.4, 0.5) is 10.1 Å². The van der Waals surface area contributed by atoms with Crippen LogP contribution in [-0.4, -0.2) is 61.5 Å². The normalized spacial score (nSPS) is 11.9. The highest BCUT2D eigenvalue weighted by Gasteiger charge is 2.19. The Hall–Kier alpha value is -5.04. The van der Waals surface area contributed by atoms with E-state index in [9.17, 15) is 17.6 Å². The third kappa shape index (κ3) is 5.97. The fourth-order valence-corrected chi connectivity index (χ4v) is 5.26. The molecule has 0 radical (unpaired) electrons. The molecule has 0 aliphatic heterocycles. The molecule has 0 bridgehead atoms. The molecule has 43 heavy (non-hydrogen) atoms. The van der Waals surface area contributed by atoms with Crippen molar-refractivity contribution in [3.63, 3.8) is 0 Å². The monoisotopic (exact) mass is 598 g/mol. The number of amides is 1. The fraction of sp³-hybridized carbons (Fsp3) is 0.200. The number of carbonyl (C=O) groups is 1. The molecular formula is C30H27FN8O3S. The molecule has 0 saturated heterocycles. The number of aryl methyl sites for hydroxylation is 1. The predicted molar refractivity (Wildman–Crippen MR) is 162 cm³/mol. The molecule has 0 saturated carbocycles. The van der Waals surface area contributed by atoms with Crippen molar-refractivity contribution in [1.29, 1.82) is 0 Å². The lowest BCUT2D eigenvalue weighted by molar-refractivity contribution is -0.118. The van der Waals surface area contributed by atoms with Gasteiger partial charge in [-0.15, -0.1) is 0 Å². The van der Waals surface area contributed by atoms with Gasteiger partial charge in [-0.05, 0) is 54.4 Å². The van der Waals surface area contributed by atoms with Crippen LogP contribution >= 0.6 is 0 Å². The number of benzene rings is 1. The van der Waals surface area contributed by atoms with Gasteiger partial charge in [0.25, 0.3) is 0 Å². The number of hydrogen-bond donors (Lipinski definition) is 3. The second kappa shape index (κ2) is 11.0. The Morgan fingerprint density at radius 2 is 1.79 bits per heavy atom. The molecule has 6 aromatic rings. The lowest BCUT2D eigenvalue weighted by atomic mass is 10.0. The summed E-state index contributed by atoms with van der Waals surface area (Å²) >= 11 is 0. The van der Waals surface area contributed by atoms with Gasteiger partial charge in [0.15, 0.2) is 11.5 Å². The van der Waals surface area contributed by atoms with Crippen molar-refractivity contribution in [2.45, 2.75) is 20.3 Å². The summed E-state index contributed by atoms with van der Waals surface area (Å²) in [7, 11) is -3.21. The summed E-state index contributed by atoms with van der Waals surface area (Å²) in [6, 6.07) is 11.7. The largest absolute Gasteiger partial charge is 0.336 e. The number of aromatic amines is 2. The summed E-state index contributed by atoms with van der Waals surface area (Å²) in [6.07, 6.45) is 6.18. The molecule has 5 aromatic heterocycles. The molecule has 0 spiro atoms. The van der Waals surface area contributed by atoms with E-state index in [1.54, 1.807) is 30.7 Å². The minimum Gasteiger partial charge on any atom is -0.336 e. The summed E-state index contributed by atoms with van der Waals surface area (Å²) in [5.41, 5.74) is 6.28. The predicted octanol–water partition coefficient (Wildman–Crippen LogP) is 4.95. The maximum absolute atomic E-state index is 14.6. The molecule has 5 heterocycles. The van der Waals surface area contributed by atoms with Crippen LogP contribution in [0.2, 0.25) is 0 Å². The maximum atomic E-state index is 14.6. The number of sulfone groups is 1. The Kier molecular flexibility index (Phi) is 7.18. The van der Waals surface area contributed by atoms with Crippen LogP contribution in [0, 0.1) is 11.7 Å². The molecule has 6 rings (SSSR count). The van der Waals surface area contributed by atoms with Crippen LogP contribution in [0.5, 0.6) is 0 Å². The zero-order valence-corrected chi connectivity index (χ0v) is 24.3. The van der Waals surface area contributed by atoms with Crippen molar-refractivity contribution >= 4 is 43.5 Å². The van der Waals surface area contributed by atoms with E-state index < -0.39 is 15.7 Å². The molecule has 0 unspecified atom stereocenters. The van der Waals surface area contributed by atoms with E-state index in [-0.39, 0.29) is 24.0 Å². The number of nitrogens with one attached hydrogen (secondary N) is 3. The number of halogens is 1. The van der Waals surface area contributed by atoms with Crippen molar-refractivity contribution in [1.82, 2.24) is 35.1 Å². The third-order valence-electron chi connectivity index (χ3n) is 6.85. The van der Waals surface area contributed by atoms with Gasteiger partial charge in [0.2, 0.25) is 5.91 Å². The first-order valence-corrected chi connectivity index (χ1v) is 15.5. The third-order valence-corrected chi connectivity index (χ3v) is 7.80. The Bertz CT molecular complexity index is 2120. The van der Waals surface area contributed by atoms with Gasteiger partial charge in [0, 0.05) is 35.7 Å². The molecule has 0 aliphatic rings. The van der Waals surface area contributed by atoms with E-state index in [0.29, 0.717) is 67.4 Å². The summed E-state index contributed by atoms with van der Waals surface area (Å²) in [5.74, 6) is -0.428. The number of carbonyl (C=O) groups excluding carboxylic acids is 1. The van der Waals surface area contributed by atoms with Crippen molar-refractivity contribution in [2.75, 3.05) is 17.3 Å². The number of anilines is 1. The van der Waals surface area contributed by atoms with Crippen molar-refractivity contribution < 1.29 is 17.6 Å². The first-order valence-electron chi connectivity index (χ1n) is 13.5. The highest BCUT2D eigenvalue weighted by atomic mass is 32.2. The summed E-state index contributed by atoms with van der Waals surface area (Å²) in [4.78, 5) is 33.8. The van der Waals surface area contributed by atoms with E-state index in [1.807, 2.05) is 32.0 Å². The molecular weight excluding hydrogens is 571 g/mol. The average molecular weight is 599 g/mol. The highest BCUT2D eigenvalue weighted by molar-refractivity contribution is 7.90. The van der Waals surface area contributed by atoms with Crippen LogP contribution in [0.15, 0.2) is 61.1 Å². The van der Waals surface area contributed by atoms with Crippen LogP contribution in [0.3, 0.4) is 0 Å². The highest BCUT2D eigenvalue weighted by Crippen LogP contribution is 2.32. The van der Waals surface area contributed by atoms with E-state index in [2.05, 4.69) is 30.5 Å². The molecule has 13 heteroatoms. The van der Waals surface area contributed by atoms with E-state index >= 15 is 0 Å². The number of pyridine rings is 3. The van der Waals surface area contributed by atoms with Gasteiger partial charge in [-0.25, -0.2) is 22.8 Å². The zero-order valence-electron chi connectivity index (χ0n) is 23.5. The number of H-pyrrole nitrogens is 2. The van der Waals surface area contributed by atoms with Gasteiger partial charge in [0.1, 0.15) is 26.7 Å². The fourth-order valence-electron chi connectivity index (χ4n) is 4.65. The van der Waals surface area contributed by atoms with Gasteiger partial charge >= 0.3 is 0 Å². The number of rotatable bonds is 8. The molecule has 218 valence electrons. The quantitative estimate of drug-likeness (QED) is 0.222. The van der Waals surface area contributed by atoms with Gasteiger partial charge in [-0.3, -0.25) is 19.9 Å². The van der Waals surface area contributed by atoms with Crippen LogP contribution in [-0.2, 0) is 21.1 Å². The molecule has 1 amide bonds. The number of aromatic nitrogens is 7. The molecule has 1 aromatic carbocycles.